The lowest BCUT2D eigenvalue weighted by Gasteiger charge is -2.14. The van der Waals surface area contributed by atoms with Crippen LogP contribution in [0, 0.1) is 19.7 Å². The fourth-order valence-electron chi connectivity index (χ4n) is 3.21. The number of benzene rings is 1. The Balaban J connectivity index is 1.54. The SMILES string of the molecule is Cc1cc(C(=O)OC(C)C(=O)NCCc2ccc(F)cc2)c(C)n1Cc1ccco1. The number of ether oxygens (including phenoxy) is 1. The van der Waals surface area contributed by atoms with Crippen molar-refractivity contribution in [3.05, 3.63) is 82.8 Å². The van der Waals surface area contributed by atoms with Crippen molar-refractivity contribution in [3.8, 4) is 0 Å². The van der Waals surface area contributed by atoms with Gasteiger partial charge in [-0.3, -0.25) is 4.79 Å². The number of hydrogen-bond acceptors (Lipinski definition) is 4. The van der Waals surface area contributed by atoms with Crippen LogP contribution in [0.5, 0.6) is 0 Å². The van der Waals surface area contributed by atoms with Crippen LogP contribution < -0.4 is 5.32 Å². The lowest BCUT2D eigenvalue weighted by molar-refractivity contribution is -0.129. The van der Waals surface area contributed by atoms with Gasteiger partial charge in [-0.2, -0.15) is 0 Å². The lowest BCUT2D eigenvalue weighted by Crippen LogP contribution is -2.37. The molecule has 2 aromatic heterocycles. The predicted octanol–water partition coefficient (Wildman–Crippen LogP) is 3.79. The first-order valence-electron chi connectivity index (χ1n) is 9.77. The van der Waals surface area contributed by atoms with E-state index in [-0.39, 0.29) is 11.7 Å². The van der Waals surface area contributed by atoms with Crippen molar-refractivity contribution < 1.29 is 23.1 Å². The molecule has 158 valence electrons. The topological polar surface area (TPSA) is 73.5 Å². The molecule has 1 unspecified atom stereocenters. The summed E-state index contributed by atoms with van der Waals surface area (Å²) in [5.74, 6) is -0.442. The normalized spacial score (nSPS) is 11.9. The Labute approximate surface area is 174 Å². The van der Waals surface area contributed by atoms with Gasteiger partial charge in [-0.15, -0.1) is 0 Å². The van der Waals surface area contributed by atoms with Gasteiger partial charge in [0.1, 0.15) is 11.6 Å². The molecule has 1 aromatic carbocycles. The van der Waals surface area contributed by atoms with E-state index in [1.165, 1.54) is 19.1 Å². The van der Waals surface area contributed by atoms with Crippen LogP contribution in [0.3, 0.4) is 0 Å². The largest absolute Gasteiger partial charge is 0.467 e. The summed E-state index contributed by atoms with van der Waals surface area (Å²) in [4.78, 5) is 24.9. The van der Waals surface area contributed by atoms with Gasteiger partial charge >= 0.3 is 5.97 Å². The number of esters is 1. The number of aromatic nitrogens is 1. The second kappa shape index (κ2) is 9.43. The minimum Gasteiger partial charge on any atom is -0.467 e. The molecular formula is C23H25FN2O4. The van der Waals surface area contributed by atoms with Crippen molar-refractivity contribution in [2.45, 2.75) is 39.8 Å². The van der Waals surface area contributed by atoms with Crippen molar-refractivity contribution in [2.24, 2.45) is 0 Å². The summed E-state index contributed by atoms with van der Waals surface area (Å²) in [5, 5.41) is 2.74. The zero-order chi connectivity index (χ0) is 21.7. The predicted molar refractivity (Wildman–Crippen MR) is 110 cm³/mol. The maximum absolute atomic E-state index is 12.9. The Bertz CT molecular complexity index is 1010. The summed E-state index contributed by atoms with van der Waals surface area (Å²) >= 11 is 0. The number of carbonyl (C=O) groups excluding carboxylic acids is 2. The van der Waals surface area contributed by atoms with Gasteiger partial charge in [-0.1, -0.05) is 12.1 Å². The molecule has 3 rings (SSSR count). The molecule has 6 nitrogen and oxygen atoms in total. The van der Waals surface area contributed by atoms with E-state index < -0.39 is 12.1 Å². The molecule has 0 aliphatic heterocycles. The molecule has 1 atom stereocenters. The maximum atomic E-state index is 12.9. The van der Waals surface area contributed by atoms with Gasteiger partial charge in [-0.25, -0.2) is 9.18 Å². The molecule has 0 spiro atoms. The third-order valence-electron chi connectivity index (χ3n) is 4.97. The van der Waals surface area contributed by atoms with Gasteiger partial charge in [0, 0.05) is 17.9 Å². The highest BCUT2D eigenvalue weighted by Crippen LogP contribution is 2.19. The third-order valence-corrected chi connectivity index (χ3v) is 4.97. The van der Waals surface area contributed by atoms with Gasteiger partial charge in [0.15, 0.2) is 6.10 Å². The van der Waals surface area contributed by atoms with Crippen LogP contribution >= 0.6 is 0 Å². The average Bonchev–Trinajstić information content (AvgIpc) is 3.33. The lowest BCUT2D eigenvalue weighted by atomic mass is 10.1. The van der Waals surface area contributed by atoms with Crippen molar-refractivity contribution in [2.75, 3.05) is 6.54 Å². The highest BCUT2D eigenvalue weighted by atomic mass is 19.1. The van der Waals surface area contributed by atoms with Crippen LogP contribution in [0.15, 0.2) is 53.1 Å². The van der Waals surface area contributed by atoms with Crippen molar-refractivity contribution in [3.63, 3.8) is 0 Å². The van der Waals surface area contributed by atoms with Gasteiger partial charge < -0.3 is 19.0 Å². The van der Waals surface area contributed by atoms with Crippen molar-refractivity contribution in [1.82, 2.24) is 9.88 Å². The molecule has 1 amide bonds. The second-order valence-corrected chi connectivity index (χ2v) is 7.17. The summed E-state index contributed by atoms with van der Waals surface area (Å²) in [6.07, 6.45) is 1.23. The van der Waals surface area contributed by atoms with Gasteiger partial charge in [0.25, 0.3) is 5.91 Å². The number of carbonyl (C=O) groups is 2. The van der Waals surface area contributed by atoms with E-state index >= 15 is 0 Å². The molecule has 0 radical (unpaired) electrons. The standard InChI is InChI=1S/C23H25FN2O4/c1-15-13-21(16(2)26(15)14-20-5-4-12-29-20)23(28)30-17(3)22(27)25-11-10-18-6-8-19(24)9-7-18/h4-9,12-13,17H,10-11,14H2,1-3H3,(H,25,27). The molecule has 0 bridgehead atoms. The first-order valence-corrected chi connectivity index (χ1v) is 9.77. The molecule has 3 aromatic rings. The zero-order valence-electron chi connectivity index (χ0n) is 17.3. The van der Waals surface area contributed by atoms with E-state index in [2.05, 4.69) is 5.32 Å². The molecule has 0 aliphatic rings. The van der Waals surface area contributed by atoms with Crippen LogP contribution in [0.2, 0.25) is 0 Å². The molecular weight excluding hydrogens is 387 g/mol. The Hall–Kier alpha value is -3.35. The van der Waals surface area contributed by atoms with Gasteiger partial charge in [0.2, 0.25) is 0 Å². The summed E-state index contributed by atoms with van der Waals surface area (Å²) in [7, 11) is 0. The van der Waals surface area contributed by atoms with Crippen LogP contribution in [0.1, 0.15) is 40.0 Å². The highest BCUT2D eigenvalue weighted by molar-refractivity contribution is 5.93. The smallest absolute Gasteiger partial charge is 0.340 e. The first-order chi connectivity index (χ1) is 14.3. The number of rotatable bonds is 8. The van der Waals surface area contributed by atoms with Crippen LogP contribution in [-0.4, -0.2) is 29.1 Å². The molecule has 1 N–H and O–H groups in total. The Kier molecular flexibility index (Phi) is 6.72. The maximum Gasteiger partial charge on any atom is 0.340 e. The Morgan fingerprint density at radius 1 is 1.20 bits per heavy atom. The number of furan rings is 1. The average molecular weight is 412 g/mol. The van der Waals surface area contributed by atoms with Gasteiger partial charge in [0.05, 0.1) is 18.4 Å². The Morgan fingerprint density at radius 3 is 2.60 bits per heavy atom. The van der Waals surface area contributed by atoms with E-state index in [0.29, 0.717) is 25.1 Å². The Morgan fingerprint density at radius 2 is 1.93 bits per heavy atom. The second-order valence-electron chi connectivity index (χ2n) is 7.17. The number of nitrogens with zero attached hydrogens (tertiary/aromatic N) is 1. The third kappa shape index (κ3) is 5.17. The summed E-state index contributed by atoms with van der Waals surface area (Å²) in [6, 6.07) is 11.5. The zero-order valence-corrected chi connectivity index (χ0v) is 17.3. The molecule has 0 saturated carbocycles. The molecule has 7 heteroatoms. The number of hydrogen-bond donors (Lipinski definition) is 1. The highest BCUT2D eigenvalue weighted by Gasteiger charge is 2.22. The van der Waals surface area contributed by atoms with Gasteiger partial charge in [-0.05, 0) is 63.1 Å². The van der Waals surface area contributed by atoms with E-state index in [9.17, 15) is 14.0 Å². The first kappa shape index (κ1) is 21.4. The van der Waals surface area contributed by atoms with Crippen LogP contribution in [-0.2, 0) is 22.5 Å². The summed E-state index contributed by atoms with van der Waals surface area (Å²) in [5.41, 5.74) is 2.97. The molecule has 0 aliphatic carbocycles. The minimum atomic E-state index is -0.932. The number of halogens is 1. The summed E-state index contributed by atoms with van der Waals surface area (Å²) < 4.78 is 25.6. The van der Waals surface area contributed by atoms with Crippen LogP contribution in [0.25, 0.3) is 0 Å². The molecule has 2 heterocycles. The van der Waals surface area contributed by atoms with Crippen LogP contribution in [0.4, 0.5) is 4.39 Å². The fourth-order valence-corrected chi connectivity index (χ4v) is 3.21. The molecule has 0 fully saturated rings. The van der Waals surface area contributed by atoms with E-state index in [1.807, 2.05) is 30.5 Å². The van der Waals surface area contributed by atoms with Crippen molar-refractivity contribution >= 4 is 11.9 Å². The van der Waals surface area contributed by atoms with Crippen molar-refractivity contribution in [1.29, 1.82) is 0 Å². The fraction of sp³-hybridized carbons (Fsp3) is 0.304. The molecule has 30 heavy (non-hydrogen) atoms. The molecule has 0 saturated heterocycles. The number of aryl methyl sites for hydroxylation is 1. The number of amides is 1. The van der Waals surface area contributed by atoms with E-state index in [1.54, 1.807) is 24.5 Å². The monoisotopic (exact) mass is 412 g/mol. The quantitative estimate of drug-likeness (QED) is 0.572. The van der Waals surface area contributed by atoms with E-state index in [4.69, 9.17) is 9.15 Å². The summed E-state index contributed by atoms with van der Waals surface area (Å²) in [6.45, 7) is 6.15. The minimum absolute atomic E-state index is 0.299. The van der Waals surface area contributed by atoms with E-state index in [0.717, 1.165) is 22.7 Å². The number of nitrogens with one attached hydrogen (secondary N) is 1.